The van der Waals surface area contributed by atoms with Crippen LogP contribution in [0, 0.1) is 0 Å². The zero-order valence-corrected chi connectivity index (χ0v) is 18.5. The molecule has 3 unspecified atom stereocenters. The SMILES string of the molecule is COCC1CCC(C2COCCN2S(=O)(=O)c2ccc3c(c2)C(C)(C)CC(=O)N3)O1. The van der Waals surface area contributed by atoms with E-state index in [9.17, 15) is 13.2 Å². The zero-order chi connectivity index (χ0) is 21.5. The average Bonchev–Trinajstić information content (AvgIpc) is 3.16. The number of nitrogens with zero attached hydrogens (tertiary/aromatic N) is 1. The van der Waals surface area contributed by atoms with Gasteiger partial charge in [0.2, 0.25) is 15.9 Å². The van der Waals surface area contributed by atoms with Gasteiger partial charge in [0.1, 0.15) is 0 Å². The van der Waals surface area contributed by atoms with Gasteiger partial charge in [0.05, 0.1) is 43.0 Å². The number of hydrogen-bond donors (Lipinski definition) is 1. The molecule has 0 aromatic heterocycles. The predicted octanol–water partition coefficient (Wildman–Crippen LogP) is 1.89. The van der Waals surface area contributed by atoms with Crippen molar-refractivity contribution < 1.29 is 27.4 Å². The van der Waals surface area contributed by atoms with E-state index in [2.05, 4.69) is 5.32 Å². The summed E-state index contributed by atoms with van der Waals surface area (Å²) >= 11 is 0. The van der Waals surface area contributed by atoms with Crippen molar-refractivity contribution in [3.63, 3.8) is 0 Å². The van der Waals surface area contributed by atoms with Crippen LogP contribution in [0.25, 0.3) is 0 Å². The van der Waals surface area contributed by atoms with Gasteiger partial charge in [-0.1, -0.05) is 13.8 Å². The molecule has 9 heteroatoms. The molecule has 1 aromatic carbocycles. The summed E-state index contributed by atoms with van der Waals surface area (Å²) < 4.78 is 45.7. The number of anilines is 1. The van der Waals surface area contributed by atoms with Crippen molar-refractivity contribution in [1.29, 1.82) is 0 Å². The lowest BCUT2D eigenvalue weighted by molar-refractivity contribution is -0.117. The smallest absolute Gasteiger partial charge is 0.243 e. The van der Waals surface area contributed by atoms with E-state index >= 15 is 0 Å². The molecule has 166 valence electrons. The van der Waals surface area contributed by atoms with E-state index in [1.807, 2.05) is 13.8 Å². The first-order valence-electron chi connectivity index (χ1n) is 10.4. The Balaban J connectivity index is 1.63. The van der Waals surface area contributed by atoms with E-state index in [4.69, 9.17) is 14.2 Å². The molecule has 3 heterocycles. The van der Waals surface area contributed by atoms with E-state index in [1.165, 1.54) is 4.31 Å². The number of carbonyl (C=O) groups is 1. The Morgan fingerprint density at radius 1 is 1.30 bits per heavy atom. The summed E-state index contributed by atoms with van der Waals surface area (Å²) in [6, 6.07) is 4.61. The van der Waals surface area contributed by atoms with Crippen LogP contribution in [0.3, 0.4) is 0 Å². The Morgan fingerprint density at radius 2 is 2.10 bits per heavy atom. The molecular formula is C21H30N2O6S. The van der Waals surface area contributed by atoms with Crippen molar-refractivity contribution in [2.45, 2.75) is 61.7 Å². The van der Waals surface area contributed by atoms with Gasteiger partial charge in [-0.25, -0.2) is 8.42 Å². The van der Waals surface area contributed by atoms with Crippen LogP contribution in [0.4, 0.5) is 5.69 Å². The second-order valence-electron chi connectivity index (χ2n) is 8.90. The van der Waals surface area contributed by atoms with Crippen LogP contribution >= 0.6 is 0 Å². The first kappa shape index (κ1) is 21.7. The topological polar surface area (TPSA) is 94.2 Å². The Hall–Kier alpha value is -1.52. The average molecular weight is 439 g/mol. The summed E-state index contributed by atoms with van der Waals surface area (Å²) in [5, 5.41) is 2.84. The minimum absolute atomic E-state index is 0.0142. The summed E-state index contributed by atoms with van der Waals surface area (Å²) in [7, 11) is -2.11. The molecule has 2 saturated heterocycles. The molecule has 1 aromatic rings. The second-order valence-corrected chi connectivity index (χ2v) is 10.8. The number of morpholine rings is 1. The van der Waals surface area contributed by atoms with Crippen LogP contribution in [-0.4, -0.2) is 70.4 Å². The van der Waals surface area contributed by atoms with Crippen molar-refractivity contribution in [1.82, 2.24) is 4.31 Å². The van der Waals surface area contributed by atoms with Crippen LogP contribution in [0.15, 0.2) is 23.1 Å². The number of hydrogen-bond acceptors (Lipinski definition) is 6. The molecule has 0 saturated carbocycles. The van der Waals surface area contributed by atoms with E-state index in [0.717, 1.165) is 18.4 Å². The van der Waals surface area contributed by atoms with Crippen LogP contribution < -0.4 is 5.32 Å². The molecule has 3 aliphatic rings. The number of nitrogens with one attached hydrogen (secondary N) is 1. The minimum Gasteiger partial charge on any atom is -0.382 e. The quantitative estimate of drug-likeness (QED) is 0.755. The lowest BCUT2D eigenvalue weighted by Crippen LogP contribution is -2.54. The highest BCUT2D eigenvalue weighted by Gasteiger charge is 2.43. The molecule has 3 aliphatic heterocycles. The number of ether oxygens (including phenoxy) is 3. The van der Waals surface area contributed by atoms with Gasteiger partial charge in [-0.15, -0.1) is 0 Å². The Kier molecular flexibility index (Phi) is 5.93. The molecule has 1 amide bonds. The molecule has 30 heavy (non-hydrogen) atoms. The van der Waals surface area contributed by atoms with Gasteiger partial charge in [0.25, 0.3) is 0 Å². The van der Waals surface area contributed by atoms with Gasteiger partial charge in [0, 0.05) is 31.2 Å². The largest absolute Gasteiger partial charge is 0.382 e. The fourth-order valence-electron chi connectivity index (χ4n) is 4.70. The molecule has 0 radical (unpaired) electrons. The Bertz CT molecular complexity index is 916. The third-order valence-electron chi connectivity index (χ3n) is 6.24. The van der Waals surface area contributed by atoms with Gasteiger partial charge < -0.3 is 19.5 Å². The molecule has 3 atom stereocenters. The number of amides is 1. The van der Waals surface area contributed by atoms with Crippen molar-refractivity contribution in [3.05, 3.63) is 23.8 Å². The molecule has 8 nitrogen and oxygen atoms in total. The second kappa shape index (κ2) is 8.20. The summed E-state index contributed by atoms with van der Waals surface area (Å²) in [5.74, 6) is -0.0552. The molecule has 0 bridgehead atoms. The highest BCUT2D eigenvalue weighted by molar-refractivity contribution is 7.89. The predicted molar refractivity (Wildman–Crippen MR) is 111 cm³/mol. The van der Waals surface area contributed by atoms with E-state index in [0.29, 0.717) is 38.5 Å². The maximum absolute atomic E-state index is 13.6. The number of carbonyl (C=O) groups excluding carboxylic acids is 1. The molecule has 0 spiro atoms. The van der Waals surface area contributed by atoms with Crippen molar-refractivity contribution in [2.24, 2.45) is 0 Å². The first-order chi connectivity index (χ1) is 14.2. The Morgan fingerprint density at radius 3 is 2.87 bits per heavy atom. The van der Waals surface area contributed by atoms with Crippen molar-refractivity contribution >= 4 is 21.6 Å². The number of rotatable bonds is 5. The van der Waals surface area contributed by atoms with E-state index < -0.39 is 15.4 Å². The Labute approximate surface area is 177 Å². The highest BCUT2D eigenvalue weighted by atomic mass is 32.2. The van der Waals surface area contributed by atoms with Gasteiger partial charge >= 0.3 is 0 Å². The third-order valence-corrected chi connectivity index (χ3v) is 8.16. The standard InChI is InChI=1S/C21H30N2O6S/c1-21(2)11-20(24)22-17-6-5-15(10-16(17)21)30(25,26)23-8-9-28-13-18(23)19-7-4-14(29-19)12-27-3/h5-6,10,14,18-19H,4,7-9,11-13H2,1-3H3,(H,22,24). The fraction of sp³-hybridized carbons (Fsp3) is 0.667. The molecule has 4 rings (SSSR count). The number of fused-ring (bicyclic) bond motifs is 1. The molecular weight excluding hydrogens is 408 g/mol. The number of sulfonamides is 1. The lowest BCUT2D eigenvalue weighted by Gasteiger charge is -2.38. The van der Waals surface area contributed by atoms with Gasteiger partial charge in [-0.05, 0) is 36.6 Å². The summed E-state index contributed by atoms with van der Waals surface area (Å²) in [5.41, 5.74) is 1.08. The molecule has 2 fully saturated rings. The number of benzene rings is 1. The lowest BCUT2D eigenvalue weighted by atomic mass is 9.78. The van der Waals surface area contributed by atoms with Crippen molar-refractivity contribution in [2.75, 3.05) is 38.8 Å². The minimum atomic E-state index is -3.75. The fourth-order valence-corrected chi connectivity index (χ4v) is 6.35. The molecule has 1 N–H and O–H groups in total. The van der Waals surface area contributed by atoms with Gasteiger partial charge in [-0.3, -0.25) is 4.79 Å². The van der Waals surface area contributed by atoms with Crippen LogP contribution in [0.2, 0.25) is 0 Å². The van der Waals surface area contributed by atoms with Crippen LogP contribution in [0.5, 0.6) is 0 Å². The number of methoxy groups -OCH3 is 1. The highest BCUT2D eigenvalue weighted by Crippen LogP contribution is 2.39. The monoisotopic (exact) mass is 438 g/mol. The van der Waals surface area contributed by atoms with Crippen molar-refractivity contribution in [3.8, 4) is 0 Å². The van der Waals surface area contributed by atoms with Gasteiger partial charge in [0.15, 0.2) is 0 Å². The van der Waals surface area contributed by atoms with Crippen LogP contribution in [0.1, 0.15) is 38.7 Å². The molecule has 0 aliphatic carbocycles. The third kappa shape index (κ3) is 4.01. The first-order valence-corrected chi connectivity index (χ1v) is 11.8. The zero-order valence-electron chi connectivity index (χ0n) is 17.7. The maximum atomic E-state index is 13.6. The van der Waals surface area contributed by atoms with Gasteiger partial charge in [-0.2, -0.15) is 4.31 Å². The van der Waals surface area contributed by atoms with E-state index in [1.54, 1.807) is 25.3 Å². The maximum Gasteiger partial charge on any atom is 0.243 e. The normalized spacial score (nSPS) is 29.4. The summed E-state index contributed by atoms with van der Waals surface area (Å²) in [6.07, 6.45) is 1.71. The summed E-state index contributed by atoms with van der Waals surface area (Å²) in [6.45, 7) is 5.38. The van der Waals surface area contributed by atoms with Crippen LogP contribution in [-0.2, 0) is 34.4 Å². The van der Waals surface area contributed by atoms with E-state index in [-0.39, 0.29) is 29.1 Å². The summed E-state index contributed by atoms with van der Waals surface area (Å²) in [4.78, 5) is 12.2.